The number of likely N-dealkylation sites (tertiary alicyclic amines) is 1. The van der Waals surface area contributed by atoms with E-state index in [-0.39, 0.29) is 12.6 Å². The second kappa shape index (κ2) is 4.93. The summed E-state index contributed by atoms with van der Waals surface area (Å²) in [6.07, 6.45) is 2.19. The summed E-state index contributed by atoms with van der Waals surface area (Å²) in [5.74, 6) is 1.71. The average Bonchev–Trinajstić information content (AvgIpc) is 2.87. The van der Waals surface area contributed by atoms with E-state index in [9.17, 15) is 5.11 Å². The Bertz CT molecular complexity index is 338. The lowest BCUT2D eigenvalue weighted by Crippen LogP contribution is -2.31. The first-order chi connectivity index (χ1) is 7.70. The molecule has 0 saturated carbocycles. The lowest BCUT2D eigenvalue weighted by molar-refractivity contribution is 0.141. The van der Waals surface area contributed by atoms with Gasteiger partial charge in [0.1, 0.15) is 0 Å². The Morgan fingerprint density at radius 3 is 3.00 bits per heavy atom. The largest absolute Gasteiger partial charge is 0.395 e. The molecule has 1 fully saturated rings. The zero-order valence-electron chi connectivity index (χ0n) is 9.89. The first-order valence-corrected chi connectivity index (χ1v) is 5.88. The number of aliphatic hydroxyl groups is 1. The predicted molar refractivity (Wildman–Crippen MR) is 58.9 cm³/mol. The molecular weight excluding hydrogens is 206 g/mol. The van der Waals surface area contributed by atoms with Crippen LogP contribution in [0.5, 0.6) is 0 Å². The Hall–Kier alpha value is -0.940. The highest BCUT2D eigenvalue weighted by atomic mass is 16.5. The number of aliphatic hydroxyl groups excluding tert-OH is 1. The van der Waals surface area contributed by atoms with Crippen LogP contribution in [0, 0.1) is 0 Å². The molecule has 90 valence electrons. The van der Waals surface area contributed by atoms with E-state index in [4.69, 9.17) is 4.52 Å². The van der Waals surface area contributed by atoms with Gasteiger partial charge in [-0.05, 0) is 19.4 Å². The summed E-state index contributed by atoms with van der Waals surface area (Å²) in [5, 5.41) is 13.1. The van der Waals surface area contributed by atoms with Crippen molar-refractivity contribution in [2.75, 3.05) is 13.2 Å². The van der Waals surface area contributed by atoms with Crippen LogP contribution in [0.1, 0.15) is 44.3 Å². The van der Waals surface area contributed by atoms with Gasteiger partial charge in [0, 0.05) is 12.0 Å². The van der Waals surface area contributed by atoms with Gasteiger partial charge in [-0.25, -0.2) is 0 Å². The smallest absolute Gasteiger partial charge is 0.240 e. The van der Waals surface area contributed by atoms with Crippen LogP contribution in [-0.2, 0) is 6.54 Å². The average molecular weight is 225 g/mol. The minimum atomic E-state index is 0.213. The Morgan fingerprint density at radius 2 is 2.38 bits per heavy atom. The molecule has 0 aliphatic carbocycles. The molecule has 0 amide bonds. The molecule has 0 bridgehead atoms. The summed E-state index contributed by atoms with van der Waals surface area (Å²) in [4.78, 5) is 6.55. The topological polar surface area (TPSA) is 62.4 Å². The van der Waals surface area contributed by atoms with Gasteiger partial charge in [-0.2, -0.15) is 4.98 Å². The van der Waals surface area contributed by atoms with Gasteiger partial charge in [0.25, 0.3) is 0 Å². The van der Waals surface area contributed by atoms with Crippen LogP contribution in [0.2, 0.25) is 0 Å². The summed E-state index contributed by atoms with van der Waals surface area (Å²) in [5.41, 5.74) is 0. The van der Waals surface area contributed by atoms with Crippen LogP contribution >= 0.6 is 0 Å². The van der Waals surface area contributed by atoms with E-state index in [2.05, 4.69) is 15.0 Å². The molecule has 1 N–H and O–H groups in total. The van der Waals surface area contributed by atoms with E-state index in [0.717, 1.165) is 25.2 Å². The summed E-state index contributed by atoms with van der Waals surface area (Å²) in [7, 11) is 0. The third-order valence-corrected chi connectivity index (χ3v) is 3.05. The maximum absolute atomic E-state index is 9.20. The van der Waals surface area contributed by atoms with Crippen LogP contribution in [0.15, 0.2) is 4.52 Å². The SMILES string of the molecule is CC(C)c1noc(CN2CCC[C@H]2CO)n1. The highest BCUT2D eigenvalue weighted by molar-refractivity contribution is 4.92. The molecule has 16 heavy (non-hydrogen) atoms. The van der Waals surface area contributed by atoms with Crippen molar-refractivity contribution < 1.29 is 9.63 Å². The molecular formula is C11H19N3O2. The molecule has 1 aromatic rings. The maximum atomic E-state index is 9.20. The van der Waals surface area contributed by atoms with Gasteiger partial charge in [0.05, 0.1) is 13.2 Å². The monoisotopic (exact) mass is 225 g/mol. The minimum Gasteiger partial charge on any atom is -0.395 e. The molecule has 1 atom stereocenters. The fourth-order valence-corrected chi connectivity index (χ4v) is 2.05. The van der Waals surface area contributed by atoms with Gasteiger partial charge in [-0.3, -0.25) is 4.90 Å². The molecule has 1 aliphatic rings. The van der Waals surface area contributed by atoms with Crippen molar-refractivity contribution in [3.8, 4) is 0 Å². The molecule has 5 nitrogen and oxygen atoms in total. The molecule has 1 aromatic heterocycles. The van der Waals surface area contributed by atoms with Gasteiger partial charge in [-0.15, -0.1) is 0 Å². The second-order valence-electron chi connectivity index (χ2n) is 4.65. The zero-order chi connectivity index (χ0) is 11.5. The quantitative estimate of drug-likeness (QED) is 0.832. The Labute approximate surface area is 95.4 Å². The number of hydrogen-bond acceptors (Lipinski definition) is 5. The van der Waals surface area contributed by atoms with E-state index in [1.165, 1.54) is 0 Å². The van der Waals surface area contributed by atoms with Crippen LogP contribution in [0.4, 0.5) is 0 Å². The van der Waals surface area contributed by atoms with Crippen molar-refractivity contribution in [3.05, 3.63) is 11.7 Å². The first-order valence-electron chi connectivity index (χ1n) is 5.88. The molecule has 2 rings (SSSR count). The first kappa shape index (κ1) is 11.5. The number of hydrogen-bond donors (Lipinski definition) is 1. The van der Waals surface area contributed by atoms with Gasteiger partial charge in [0.2, 0.25) is 5.89 Å². The van der Waals surface area contributed by atoms with Crippen LogP contribution in [-0.4, -0.2) is 39.3 Å². The van der Waals surface area contributed by atoms with Gasteiger partial charge >= 0.3 is 0 Å². The van der Waals surface area contributed by atoms with E-state index in [1.807, 2.05) is 13.8 Å². The van der Waals surface area contributed by atoms with E-state index >= 15 is 0 Å². The van der Waals surface area contributed by atoms with Gasteiger partial charge < -0.3 is 9.63 Å². The van der Waals surface area contributed by atoms with Crippen molar-refractivity contribution in [1.29, 1.82) is 0 Å². The summed E-state index contributed by atoms with van der Waals surface area (Å²) >= 11 is 0. The summed E-state index contributed by atoms with van der Waals surface area (Å²) in [6, 6.07) is 0.259. The van der Waals surface area contributed by atoms with Crippen molar-refractivity contribution >= 4 is 0 Å². The van der Waals surface area contributed by atoms with E-state index in [0.29, 0.717) is 18.4 Å². The molecule has 0 unspecified atom stereocenters. The van der Waals surface area contributed by atoms with Crippen molar-refractivity contribution in [2.24, 2.45) is 0 Å². The van der Waals surface area contributed by atoms with Crippen LogP contribution < -0.4 is 0 Å². The highest BCUT2D eigenvalue weighted by Gasteiger charge is 2.25. The third-order valence-electron chi connectivity index (χ3n) is 3.05. The Kier molecular flexibility index (Phi) is 3.56. The lowest BCUT2D eigenvalue weighted by Gasteiger charge is -2.20. The molecule has 1 saturated heterocycles. The predicted octanol–water partition coefficient (Wildman–Crippen LogP) is 1.15. The molecule has 0 aromatic carbocycles. The molecule has 2 heterocycles. The maximum Gasteiger partial charge on any atom is 0.240 e. The van der Waals surface area contributed by atoms with Gasteiger partial charge in [-0.1, -0.05) is 19.0 Å². The van der Waals surface area contributed by atoms with E-state index < -0.39 is 0 Å². The normalized spacial score (nSPS) is 22.1. The van der Waals surface area contributed by atoms with Crippen molar-refractivity contribution in [1.82, 2.24) is 15.0 Å². The third kappa shape index (κ3) is 2.41. The number of aromatic nitrogens is 2. The lowest BCUT2D eigenvalue weighted by atomic mass is 10.2. The van der Waals surface area contributed by atoms with E-state index in [1.54, 1.807) is 0 Å². The minimum absolute atomic E-state index is 0.213. The fourth-order valence-electron chi connectivity index (χ4n) is 2.05. The molecule has 0 radical (unpaired) electrons. The zero-order valence-corrected chi connectivity index (χ0v) is 9.89. The van der Waals surface area contributed by atoms with Crippen molar-refractivity contribution in [2.45, 2.75) is 45.2 Å². The fraction of sp³-hybridized carbons (Fsp3) is 0.818. The Morgan fingerprint density at radius 1 is 1.56 bits per heavy atom. The summed E-state index contributed by atoms with van der Waals surface area (Å²) in [6.45, 7) is 5.96. The standard InChI is InChI=1S/C11H19N3O2/c1-8(2)11-12-10(16-13-11)6-14-5-3-4-9(14)7-15/h8-9,15H,3-7H2,1-2H3/t9-/m0/s1. The van der Waals surface area contributed by atoms with Gasteiger partial charge in [0.15, 0.2) is 5.82 Å². The molecule has 0 spiro atoms. The van der Waals surface area contributed by atoms with Crippen LogP contribution in [0.3, 0.4) is 0 Å². The Balaban J connectivity index is 1.97. The highest BCUT2D eigenvalue weighted by Crippen LogP contribution is 2.19. The second-order valence-corrected chi connectivity index (χ2v) is 4.65. The number of rotatable bonds is 4. The van der Waals surface area contributed by atoms with Crippen molar-refractivity contribution in [3.63, 3.8) is 0 Å². The molecule has 5 heteroatoms. The van der Waals surface area contributed by atoms with Crippen LogP contribution in [0.25, 0.3) is 0 Å². The number of nitrogens with zero attached hydrogens (tertiary/aromatic N) is 3. The summed E-state index contributed by atoms with van der Waals surface area (Å²) < 4.78 is 5.20. The molecule has 1 aliphatic heterocycles.